The molecule has 0 fully saturated rings. The molecule has 1 aliphatic carbocycles. The highest BCUT2D eigenvalue weighted by molar-refractivity contribution is 6.00. The Bertz CT molecular complexity index is 1190. The summed E-state index contributed by atoms with van der Waals surface area (Å²) >= 11 is 0. The monoisotopic (exact) mass is 381 g/mol. The van der Waals surface area contributed by atoms with E-state index in [1.165, 1.54) is 11.6 Å². The van der Waals surface area contributed by atoms with Crippen LogP contribution in [0.15, 0.2) is 39.1 Å². The summed E-state index contributed by atoms with van der Waals surface area (Å²) in [5.41, 5.74) is 1.75. The lowest BCUT2D eigenvalue weighted by Crippen LogP contribution is -2.44. The summed E-state index contributed by atoms with van der Waals surface area (Å²) < 4.78 is 13.4. The molecule has 0 radical (unpaired) electrons. The number of hydrogen-bond donors (Lipinski definition) is 1. The van der Waals surface area contributed by atoms with Crippen LogP contribution in [0.25, 0.3) is 0 Å². The van der Waals surface area contributed by atoms with Crippen LogP contribution in [0.4, 0.5) is 5.82 Å². The minimum Gasteiger partial charge on any atom is -0.454 e. The molecule has 0 saturated heterocycles. The van der Waals surface area contributed by atoms with Gasteiger partial charge in [-0.05, 0) is 30.5 Å². The number of ketones is 1. The third-order valence-electron chi connectivity index (χ3n) is 5.73. The van der Waals surface area contributed by atoms with Gasteiger partial charge in [0.2, 0.25) is 6.79 Å². The van der Waals surface area contributed by atoms with E-state index in [-0.39, 0.29) is 12.6 Å². The molecule has 0 saturated carbocycles. The standard InChI is InChI=1S/C20H19N3O5/c1-22-18-17(19(25)23(2)20(22)26)15(16-11(21-18)4-3-5-12(16)24)10-6-7-13-14(8-10)28-9-27-13/h6-8,15,21H,3-5,9H2,1-2H3. The highest BCUT2D eigenvalue weighted by Crippen LogP contribution is 2.45. The molecule has 5 rings (SSSR count). The first-order chi connectivity index (χ1) is 13.5. The molecule has 1 atom stereocenters. The molecule has 28 heavy (non-hydrogen) atoms. The lowest BCUT2D eigenvalue weighted by atomic mass is 9.76. The van der Waals surface area contributed by atoms with Crippen molar-refractivity contribution in [2.75, 3.05) is 12.1 Å². The van der Waals surface area contributed by atoms with Crippen molar-refractivity contribution in [2.24, 2.45) is 14.1 Å². The zero-order valence-corrected chi connectivity index (χ0v) is 15.6. The summed E-state index contributed by atoms with van der Waals surface area (Å²) in [4.78, 5) is 38.4. The minimum atomic E-state index is -0.556. The predicted octanol–water partition coefficient (Wildman–Crippen LogP) is 1.38. The number of anilines is 1. The van der Waals surface area contributed by atoms with Crippen molar-refractivity contribution in [3.63, 3.8) is 0 Å². The fourth-order valence-corrected chi connectivity index (χ4v) is 4.32. The third kappa shape index (κ3) is 2.20. The molecule has 2 aromatic rings. The number of ether oxygens (including phenoxy) is 2. The van der Waals surface area contributed by atoms with Crippen LogP contribution in [0.2, 0.25) is 0 Å². The summed E-state index contributed by atoms with van der Waals surface area (Å²) in [6.07, 6.45) is 1.89. The van der Waals surface area contributed by atoms with Gasteiger partial charge in [-0.15, -0.1) is 0 Å². The van der Waals surface area contributed by atoms with Crippen LogP contribution in [0.5, 0.6) is 11.5 Å². The molecule has 144 valence electrons. The maximum atomic E-state index is 13.1. The Labute approximate surface area is 160 Å². The van der Waals surface area contributed by atoms with E-state index in [9.17, 15) is 14.4 Å². The van der Waals surface area contributed by atoms with E-state index in [1.807, 2.05) is 12.1 Å². The molecule has 3 heterocycles. The Kier molecular flexibility index (Phi) is 3.52. The number of aromatic nitrogens is 2. The number of carbonyl (C=O) groups is 1. The van der Waals surface area contributed by atoms with Gasteiger partial charge in [-0.2, -0.15) is 0 Å². The fourth-order valence-electron chi connectivity index (χ4n) is 4.32. The number of Topliss-reactive ketones (excluding diaryl/α,β-unsaturated/α-hetero) is 1. The van der Waals surface area contributed by atoms with Crippen molar-refractivity contribution in [1.82, 2.24) is 9.13 Å². The number of allylic oxidation sites excluding steroid dienone is 2. The highest BCUT2D eigenvalue weighted by Gasteiger charge is 2.39. The average molecular weight is 381 g/mol. The van der Waals surface area contributed by atoms with Gasteiger partial charge in [0.05, 0.1) is 5.56 Å². The van der Waals surface area contributed by atoms with Crippen molar-refractivity contribution >= 4 is 11.6 Å². The maximum Gasteiger partial charge on any atom is 0.332 e. The fraction of sp³-hybridized carbons (Fsp3) is 0.350. The molecule has 1 aromatic carbocycles. The van der Waals surface area contributed by atoms with Crippen LogP contribution < -0.4 is 26.0 Å². The van der Waals surface area contributed by atoms with Crippen LogP contribution in [0, 0.1) is 0 Å². The van der Waals surface area contributed by atoms with E-state index in [4.69, 9.17) is 9.47 Å². The summed E-state index contributed by atoms with van der Waals surface area (Å²) in [6.45, 7) is 0.144. The van der Waals surface area contributed by atoms with Crippen LogP contribution in [0.3, 0.4) is 0 Å². The maximum absolute atomic E-state index is 13.1. The lowest BCUT2D eigenvalue weighted by Gasteiger charge is -2.34. The number of nitrogens with one attached hydrogen (secondary N) is 1. The van der Waals surface area contributed by atoms with E-state index < -0.39 is 17.2 Å². The number of nitrogens with zero attached hydrogens (tertiary/aromatic N) is 2. The van der Waals surface area contributed by atoms with Crippen molar-refractivity contribution in [3.05, 3.63) is 61.4 Å². The Balaban J connectivity index is 1.83. The zero-order chi connectivity index (χ0) is 19.6. The van der Waals surface area contributed by atoms with Gasteiger partial charge < -0.3 is 14.8 Å². The second kappa shape index (κ2) is 5.85. The molecule has 2 aliphatic heterocycles. The first-order valence-electron chi connectivity index (χ1n) is 9.20. The van der Waals surface area contributed by atoms with E-state index in [0.29, 0.717) is 41.3 Å². The summed E-state index contributed by atoms with van der Waals surface area (Å²) in [7, 11) is 3.08. The van der Waals surface area contributed by atoms with Gasteiger partial charge in [0, 0.05) is 37.7 Å². The van der Waals surface area contributed by atoms with Crippen molar-refractivity contribution in [2.45, 2.75) is 25.2 Å². The van der Waals surface area contributed by atoms with Crippen molar-refractivity contribution < 1.29 is 14.3 Å². The Morgan fingerprint density at radius 2 is 1.82 bits per heavy atom. The van der Waals surface area contributed by atoms with Crippen molar-refractivity contribution in [1.29, 1.82) is 0 Å². The van der Waals surface area contributed by atoms with Gasteiger partial charge >= 0.3 is 5.69 Å². The molecule has 8 heteroatoms. The first kappa shape index (κ1) is 16.9. The number of hydrogen-bond acceptors (Lipinski definition) is 6. The molecule has 1 aromatic heterocycles. The van der Waals surface area contributed by atoms with Gasteiger partial charge in [-0.3, -0.25) is 18.7 Å². The largest absolute Gasteiger partial charge is 0.454 e. The van der Waals surface area contributed by atoms with E-state index in [2.05, 4.69) is 5.32 Å². The Morgan fingerprint density at radius 1 is 1.04 bits per heavy atom. The molecule has 1 unspecified atom stereocenters. The second-order valence-electron chi connectivity index (χ2n) is 7.31. The number of fused-ring (bicyclic) bond motifs is 2. The van der Waals surface area contributed by atoms with Crippen LogP contribution >= 0.6 is 0 Å². The number of carbonyl (C=O) groups excluding carboxylic acids is 1. The highest BCUT2D eigenvalue weighted by atomic mass is 16.7. The van der Waals surface area contributed by atoms with E-state index >= 15 is 0 Å². The minimum absolute atomic E-state index is 0.0259. The topological polar surface area (TPSA) is 91.6 Å². The smallest absolute Gasteiger partial charge is 0.332 e. The number of rotatable bonds is 1. The predicted molar refractivity (Wildman–Crippen MR) is 101 cm³/mol. The number of benzene rings is 1. The summed E-state index contributed by atoms with van der Waals surface area (Å²) in [5, 5.41) is 3.21. The van der Waals surface area contributed by atoms with Crippen LogP contribution in [-0.4, -0.2) is 21.7 Å². The molecular weight excluding hydrogens is 362 g/mol. The lowest BCUT2D eigenvalue weighted by molar-refractivity contribution is -0.116. The third-order valence-corrected chi connectivity index (χ3v) is 5.73. The zero-order valence-electron chi connectivity index (χ0n) is 15.6. The molecule has 0 bridgehead atoms. The van der Waals surface area contributed by atoms with Gasteiger partial charge in [0.25, 0.3) is 5.56 Å². The van der Waals surface area contributed by atoms with E-state index in [1.54, 1.807) is 13.1 Å². The van der Waals surface area contributed by atoms with Crippen molar-refractivity contribution in [3.8, 4) is 11.5 Å². The van der Waals surface area contributed by atoms with Gasteiger partial charge in [0.1, 0.15) is 5.82 Å². The Hall–Kier alpha value is -3.29. The van der Waals surface area contributed by atoms with Crippen LogP contribution in [0.1, 0.15) is 36.3 Å². The molecule has 0 amide bonds. The summed E-state index contributed by atoms with van der Waals surface area (Å²) in [6, 6.07) is 5.46. The Morgan fingerprint density at radius 3 is 2.64 bits per heavy atom. The normalized spacial score (nSPS) is 19.9. The molecule has 8 nitrogen and oxygen atoms in total. The second-order valence-corrected chi connectivity index (χ2v) is 7.31. The van der Waals surface area contributed by atoms with Gasteiger partial charge in [-0.1, -0.05) is 6.07 Å². The molecule has 0 spiro atoms. The van der Waals surface area contributed by atoms with Gasteiger partial charge in [0.15, 0.2) is 17.3 Å². The average Bonchev–Trinajstić information content (AvgIpc) is 3.17. The molecule has 3 aliphatic rings. The van der Waals surface area contributed by atoms with Gasteiger partial charge in [-0.25, -0.2) is 4.79 Å². The molecule has 1 N–H and O–H groups in total. The quantitative estimate of drug-likeness (QED) is 0.802. The SMILES string of the molecule is Cn1c2c(c(=O)n(C)c1=O)C(c1ccc3c(c1)OCO3)C1=C(CCCC1=O)N2. The summed E-state index contributed by atoms with van der Waals surface area (Å²) in [5.74, 6) is 1.14. The molecular formula is C20H19N3O5. The first-order valence-corrected chi connectivity index (χ1v) is 9.20. The van der Waals surface area contributed by atoms with Crippen LogP contribution in [-0.2, 0) is 18.9 Å². The van der Waals surface area contributed by atoms with E-state index in [0.717, 1.165) is 22.2 Å².